The number of rotatable bonds is 47. The van der Waals surface area contributed by atoms with Crippen LogP contribution in [0.25, 0.3) is 0 Å². The van der Waals surface area contributed by atoms with Crippen LogP contribution in [0.4, 0.5) is 0 Å². The van der Waals surface area contributed by atoms with E-state index in [1.54, 1.807) is 0 Å². The average Bonchev–Trinajstić information content (AvgIpc) is 3.30. The number of amides is 1. The molecule has 6 nitrogen and oxygen atoms in total. The molecule has 0 bridgehead atoms. The van der Waals surface area contributed by atoms with Crippen LogP contribution in [-0.2, 0) is 14.3 Å². The fourth-order valence-corrected chi connectivity index (χ4v) is 7.70. The molecule has 0 aliphatic rings. The predicted molar refractivity (Wildman–Crippen MR) is 282 cm³/mol. The number of ether oxygens (including phenoxy) is 1. The molecule has 6 heteroatoms. The molecule has 0 rings (SSSR count). The lowest BCUT2D eigenvalue weighted by Crippen LogP contribution is -2.46. The molecule has 0 aromatic rings. The van der Waals surface area contributed by atoms with E-state index in [1.807, 2.05) is 0 Å². The molecule has 0 aliphatic carbocycles. The standard InChI is InChI=1S/C59H101NO5/c1-4-7-10-13-16-19-22-25-27-29-31-34-37-40-43-46-49-52-59(64)65-55(50-47-44-41-38-35-32-24-21-18-15-12-9-6-3)53-58(63)60-56(54-61)57(62)51-48-45-42-39-36-33-30-28-26-23-20-17-14-11-8-5-2/h7,9-10,12,15-16,18-19,21,24-25,27,31,34,40,43,55-57,61-62H,4-6,8,11,13-14,17,20,22-23,26,28-30,32-33,35-39,41-42,44-54H2,1-3H3,(H,60,63)/b10-7-,12-9+,18-15+,19-16-,24-21+,27-25-,34-31-,43-40-. The minimum Gasteiger partial charge on any atom is -0.462 e. The molecule has 0 spiro atoms. The number of nitrogens with one attached hydrogen (secondary N) is 1. The van der Waals surface area contributed by atoms with Crippen molar-refractivity contribution in [2.75, 3.05) is 6.61 Å². The molecule has 3 N–H and O–H groups in total. The number of allylic oxidation sites excluding steroid dienone is 16. The Hall–Kier alpha value is -3.22. The highest BCUT2D eigenvalue weighted by Crippen LogP contribution is 2.17. The number of aliphatic hydroxyl groups excluding tert-OH is 2. The SMILES string of the molecule is CC/C=C\C/C=C\C/C=C\C/C=C\C/C=C\CCCC(=O)OC(CCCCCCC/C=C/C=C/C=C/CC)CC(=O)NC(CO)C(O)CCCCCCCCCCCCCCCCCC. The quantitative estimate of drug-likeness (QED) is 0.0245. The molecule has 1 amide bonds. The highest BCUT2D eigenvalue weighted by Gasteiger charge is 2.24. The first kappa shape index (κ1) is 61.8. The Morgan fingerprint density at radius 2 is 0.908 bits per heavy atom. The topological polar surface area (TPSA) is 95.9 Å². The van der Waals surface area contributed by atoms with Crippen LogP contribution in [0.1, 0.15) is 239 Å². The maximum absolute atomic E-state index is 13.2. The van der Waals surface area contributed by atoms with Crippen LogP contribution in [0.15, 0.2) is 97.2 Å². The molecule has 3 unspecified atom stereocenters. The zero-order valence-corrected chi connectivity index (χ0v) is 42.3. The summed E-state index contributed by atoms with van der Waals surface area (Å²) in [7, 11) is 0. The van der Waals surface area contributed by atoms with Gasteiger partial charge in [0, 0.05) is 6.42 Å². The Labute approximate surface area is 401 Å². The van der Waals surface area contributed by atoms with Crippen molar-refractivity contribution in [3.8, 4) is 0 Å². The Balaban J connectivity index is 4.66. The van der Waals surface area contributed by atoms with Crippen LogP contribution in [-0.4, -0.2) is 46.9 Å². The molecular weight excluding hydrogens is 803 g/mol. The van der Waals surface area contributed by atoms with E-state index < -0.39 is 18.2 Å². The van der Waals surface area contributed by atoms with Crippen molar-refractivity contribution in [2.45, 2.75) is 257 Å². The minimum atomic E-state index is -0.809. The Bertz CT molecular complexity index is 1290. The fraction of sp³-hybridized carbons (Fsp3) is 0.695. The second-order valence-electron chi connectivity index (χ2n) is 17.9. The van der Waals surface area contributed by atoms with Gasteiger partial charge in [-0.25, -0.2) is 0 Å². The molecule has 65 heavy (non-hydrogen) atoms. The van der Waals surface area contributed by atoms with Crippen LogP contribution in [0.5, 0.6) is 0 Å². The van der Waals surface area contributed by atoms with Crippen LogP contribution < -0.4 is 5.32 Å². The van der Waals surface area contributed by atoms with E-state index in [4.69, 9.17) is 4.74 Å². The van der Waals surface area contributed by atoms with E-state index in [0.29, 0.717) is 25.7 Å². The van der Waals surface area contributed by atoms with Crippen molar-refractivity contribution in [1.29, 1.82) is 0 Å². The van der Waals surface area contributed by atoms with E-state index in [0.717, 1.165) is 103 Å². The van der Waals surface area contributed by atoms with E-state index >= 15 is 0 Å². The van der Waals surface area contributed by atoms with Gasteiger partial charge in [-0.2, -0.15) is 0 Å². The summed E-state index contributed by atoms with van der Waals surface area (Å²) in [6, 6.07) is -0.726. The van der Waals surface area contributed by atoms with Crippen molar-refractivity contribution in [3.63, 3.8) is 0 Å². The zero-order chi connectivity index (χ0) is 47.4. The van der Waals surface area contributed by atoms with Crippen molar-refractivity contribution in [3.05, 3.63) is 97.2 Å². The van der Waals surface area contributed by atoms with E-state index in [-0.39, 0.29) is 24.9 Å². The van der Waals surface area contributed by atoms with E-state index in [1.165, 1.54) is 83.5 Å². The third-order valence-electron chi connectivity index (χ3n) is 11.7. The molecule has 0 saturated carbocycles. The monoisotopic (exact) mass is 904 g/mol. The number of esters is 1. The molecule has 0 heterocycles. The summed E-state index contributed by atoms with van der Waals surface area (Å²) >= 11 is 0. The Morgan fingerprint density at radius 1 is 0.477 bits per heavy atom. The lowest BCUT2D eigenvalue weighted by molar-refractivity contribution is -0.151. The summed E-state index contributed by atoms with van der Waals surface area (Å²) < 4.78 is 5.90. The maximum Gasteiger partial charge on any atom is 0.306 e. The van der Waals surface area contributed by atoms with Crippen LogP contribution >= 0.6 is 0 Å². The van der Waals surface area contributed by atoms with Gasteiger partial charge in [-0.15, -0.1) is 0 Å². The number of hydrogen-bond donors (Lipinski definition) is 3. The van der Waals surface area contributed by atoms with Crippen molar-refractivity contribution >= 4 is 11.9 Å². The smallest absolute Gasteiger partial charge is 0.306 e. The maximum atomic E-state index is 13.2. The molecule has 372 valence electrons. The first-order chi connectivity index (χ1) is 32.0. The zero-order valence-electron chi connectivity index (χ0n) is 42.3. The van der Waals surface area contributed by atoms with Gasteiger partial charge in [0.2, 0.25) is 5.91 Å². The molecule has 0 aromatic carbocycles. The van der Waals surface area contributed by atoms with Crippen molar-refractivity contribution < 1.29 is 24.5 Å². The van der Waals surface area contributed by atoms with Gasteiger partial charge in [-0.05, 0) is 83.5 Å². The second kappa shape index (κ2) is 51.8. The van der Waals surface area contributed by atoms with Gasteiger partial charge in [0.05, 0.1) is 25.2 Å². The van der Waals surface area contributed by atoms with E-state index in [2.05, 4.69) is 123 Å². The number of aliphatic hydroxyl groups is 2. The van der Waals surface area contributed by atoms with Crippen LogP contribution in [0.3, 0.4) is 0 Å². The highest BCUT2D eigenvalue weighted by molar-refractivity contribution is 5.77. The molecule has 0 aliphatic heterocycles. The second-order valence-corrected chi connectivity index (χ2v) is 17.9. The minimum absolute atomic E-state index is 0.0362. The third kappa shape index (κ3) is 47.1. The largest absolute Gasteiger partial charge is 0.462 e. The number of hydrogen-bond acceptors (Lipinski definition) is 5. The summed E-state index contributed by atoms with van der Waals surface area (Å²) in [4.78, 5) is 26.2. The molecule has 0 saturated heterocycles. The Morgan fingerprint density at radius 3 is 1.42 bits per heavy atom. The summed E-state index contributed by atoms with van der Waals surface area (Å²) in [5.74, 6) is -0.568. The van der Waals surface area contributed by atoms with Gasteiger partial charge >= 0.3 is 5.97 Å². The predicted octanol–water partition coefficient (Wildman–Crippen LogP) is 16.5. The van der Waals surface area contributed by atoms with E-state index in [9.17, 15) is 19.8 Å². The van der Waals surface area contributed by atoms with Crippen LogP contribution in [0.2, 0.25) is 0 Å². The van der Waals surface area contributed by atoms with Crippen molar-refractivity contribution in [2.24, 2.45) is 0 Å². The molecule has 0 fully saturated rings. The first-order valence-electron chi connectivity index (χ1n) is 27.0. The summed E-state index contributed by atoms with van der Waals surface area (Å²) in [6.45, 7) is 6.23. The molecular formula is C59H101NO5. The van der Waals surface area contributed by atoms with Gasteiger partial charge < -0.3 is 20.3 Å². The Kier molecular flexibility index (Phi) is 49.2. The molecule has 0 radical (unpaired) electrons. The van der Waals surface area contributed by atoms with Gasteiger partial charge in [0.15, 0.2) is 0 Å². The lowest BCUT2D eigenvalue weighted by Gasteiger charge is -2.24. The molecule has 0 aromatic heterocycles. The number of unbranched alkanes of at least 4 members (excludes halogenated alkanes) is 21. The van der Waals surface area contributed by atoms with Gasteiger partial charge in [-0.3, -0.25) is 9.59 Å². The van der Waals surface area contributed by atoms with Crippen molar-refractivity contribution in [1.82, 2.24) is 5.32 Å². The van der Waals surface area contributed by atoms with Gasteiger partial charge in [0.25, 0.3) is 0 Å². The average molecular weight is 904 g/mol. The number of carbonyl (C=O) groups excluding carboxylic acids is 2. The number of carbonyl (C=O) groups is 2. The summed E-state index contributed by atoms with van der Waals surface area (Å²) in [6.07, 6.45) is 69.0. The van der Waals surface area contributed by atoms with Gasteiger partial charge in [-0.1, -0.05) is 240 Å². The lowest BCUT2D eigenvalue weighted by atomic mass is 10.0. The highest BCUT2D eigenvalue weighted by atomic mass is 16.5. The molecule has 3 atom stereocenters. The normalized spacial score (nSPS) is 14.0. The third-order valence-corrected chi connectivity index (χ3v) is 11.7. The fourth-order valence-electron chi connectivity index (χ4n) is 7.70. The summed E-state index contributed by atoms with van der Waals surface area (Å²) in [5, 5.41) is 23.8. The van der Waals surface area contributed by atoms with Gasteiger partial charge in [0.1, 0.15) is 6.10 Å². The van der Waals surface area contributed by atoms with Crippen LogP contribution in [0, 0.1) is 0 Å². The summed E-state index contributed by atoms with van der Waals surface area (Å²) in [5.41, 5.74) is 0. The first-order valence-corrected chi connectivity index (χ1v) is 27.0.